The lowest BCUT2D eigenvalue weighted by atomic mass is 10.2. The van der Waals surface area contributed by atoms with E-state index in [0.717, 1.165) is 6.42 Å². The van der Waals surface area contributed by atoms with Crippen LogP contribution in [0.3, 0.4) is 0 Å². The van der Waals surface area contributed by atoms with Crippen LogP contribution in [0.5, 0.6) is 0 Å². The molecule has 0 amide bonds. The van der Waals surface area contributed by atoms with E-state index in [-0.39, 0.29) is 17.0 Å². The Morgan fingerprint density at radius 2 is 2.05 bits per heavy atom. The Bertz CT molecular complexity index is 669. The first kappa shape index (κ1) is 16.0. The average Bonchev–Trinajstić information content (AvgIpc) is 2.49. The molecule has 4 nitrogen and oxygen atoms in total. The summed E-state index contributed by atoms with van der Waals surface area (Å²) in [6.45, 7) is 6.95. The van der Waals surface area contributed by atoms with Crippen molar-refractivity contribution in [3.8, 4) is 0 Å². The number of halogens is 1. The van der Waals surface area contributed by atoms with Gasteiger partial charge in [0.2, 0.25) is 0 Å². The Balaban J connectivity index is 2.58. The first-order valence-corrected chi connectivity index (χ1v) is 7.77. The molecule has 0 bridgehead atoms. The number of para-hydroxylation sites is 1. The van der Waals surface area contributed by atoms with Gasteiger partial charge in [-0.05, 0) is 32.4 Å². The predicted octanol–water partition coefficient (Wildman–Crippen LogP) is 3.51. The molecule has 0 spiro atoms. The van der Waals surface area contributed by atoms with E-state index >= 15 is 0 Å². The largest absolute Gasteiger partial charge is 0.377 e. The summed E-state index contributed by atoms with van der Waals surface area (Å²) >= 11 is 6.37. The Kier molecular flexibility index (Phi) is 5.37. The molecule has 0 aliphatic rings. The van der Waals surface area contributed by atoms with Gasteiger partial charge in [-0.15, -0.1) is 11.6 Å². The summed E-state index contributed by atoms with van der Waals surface area (Å²) in [6.07, 6.45) is 0.658. The number of fused-ring (bicyclic) bond motifs is 1. The van der Waals surface area contributed by atoms with Gasteiger partial charge in [-0.1, -0.05) is 19.1 Å². The second-order valence-corrected chi connectivity index (χ2v) is 5.57. The summed E-state index contributed by atoms with van der Waals surface area (Å²) in [5.74, 6) is 0.620. The highest BCUT2D eigenvalue weighted by molar-refractivity contribution is 6.20. The van der Waals surface area contributed by atoms with Gasteiger partial charge in [0, 0.05) is 6.61 Å². The fourth-order valence-corrected chi connectivity index (χ4v) is 2.54. The Morgan fingerprint density at radius 3 is 2.71 bits per heavy atom. The zero-order chi connectivity index (χ0) is 15.4. The van der Waals surface area contributed by atoms with E-state index in [0.29, 0.717) is 29.9 Å². The number of hydrogen-bond acceptors (Lipinski definition) is 3. The fraction of sp³-hybridized carbons (Fsp3) is 0.500. The lowest BCUT2D eigenvalue weighted by molar-refractivity contribution is 0.0625. The van der Waals surface area contributed by atoms with E-state index in [1.54, 1.807) is 10.6 Å². The van der Waals surface area contributed by atoms with Gasteiger partial charge in [-0.3, -0.25) is 9.36 Å². The molecule has 2 atom stereocenters. The standard InChI is InChI=1S/C16H21ClN2O2/c1-4-13(17)15-18-14-9-7-6-8-12(14)16(20)19(15)10-11(3)21-5-2/h6-9,11,13H,4-5,10H2,1-3H3. The van der Waals surface area contributed by atoms with Crippen molar-refractivity contribution in [3.05, 3.63) is 40.4 Å². The summed E-state index contributed by atoms with van der Waals surface area (Å²) in [4.78, 5) is 17.3. The van der Waals surface area contributed by atoms with E-state index in [1.807, 2.05) is 39.0 Å². The molecule has 114 valence electrons. The number of alkyl halides is 1. The predicted molar refractivity (Wildman–Crippen MR) is 86.0 cm³/mol. The highest BCUT2D eigenvalue weighted by Crippen LogP contribution is 2.23. The normalized spacial score (nSPS) is 14.3. The first-order valence-electron chi connectivity index (χ1n) is 7.33. The Hall–Kier alpha value is -1.39. The van der Waals surface area contributed by atoms with Crippen LogP contribution in [0, 0.1) is 0 Å². The molecule has 2 aromatic rings. The Morgan fingerprint density at radius 1 is 1.33 bits per heavy atom. The molecule has 2 rings (SSSR count). The molecule has 1 aromatic carbocycles. The number of rotatable bonds is 6. The van der Waals surface area contributed by atoms with Crippen LogP contribution in [0.25, 0.3) is 10.9 Å². The van der Waals surface area contributed by atoms with E-state index in [2.05, 4.69) is 4.98 Å². The van der Waals surface area contributed by atoms with Gasteiger partial charge in [0.25, 0.3) is 5.56 Å². The minimum absolute atomic E-state index is 0.0544. The van der Waals surface area contributed by atoms with Crippen molar-refractivity contribution in [2.75, 3.05) is 6.61 Å². The van der Waals surface area contributed by atoms with Crippen LogP contribution in [-0.2, 0) is 11.3 Å². The van der Waals surface area contributed by atoms with Crippen molar-refractivity contribution < 1.29 is 4.74 Å². The third-order valence-corrected chi connectivity index (χ3v) is 3.92. The average molecular weight is 309 g/mol. The molecule has 21 heavy (non-hydrogen) atoms. The van der Waals surface area contributed by atoms with E-state index in [1.165, 1.54) is 0 Å². The fourth-order valence-electron chi connectivity index (χ4n) is 2.38. The first-order chi connectivity index (χ1) is 10.1. The summed E-state index contributed by atoms with van der Waals surface area (Å²) in [5.41, 5.74) is 0.637. The van der Waals surface area contributed by atoms with Crippen LogP contribution >= 0.6 is 11.6 Å². The van der Waals surface area contributed by atoms with E-state index in [9.17, 15) is 4.79 Å². The number of ether oxygens (including phenoxy) is 1. The van der Waals surface area contributed by atoms with Crippen molar-refractivity contribution in [2.45, 2.75) is 45.2 Å². The monoisotopic (exact) mass is 308 g/mol. The molecule has 2 unspecified atom stereocenters. The van der Waals surface area contributed by atoms with Crippen LogP contribution in [0.15, 0.2) is 29.1 Å². The summed E-state index contributed by atoms with van der Waals surface area (Å²) in [5, 5.41) is 0.334. The second kappa shape index (κ2) is 7.05. The summed E-state index contributed by atoms with van der Waals surface area (Å²) < 4.78 is 7.21. The number of benzene rings is 1. The lowest BCUT2D eigenvalue weighted by Gasteiger charge is -2.19. The van der Waals surface area contributed by atoms with Crippen molar-refractivity contribution in [2.24, 2.45) is 0 Å². The van der Waals surface area contributed by atoms with Gasteiger partial charge in [0.15, 0.2) is 0 Å². The highest BCUT2D eigenvalue weighted by Gasteiger charge is 2.18. The maximum absolute atomic E-state index is 12.7. The third-order valence-electron chi connectivity index (χ3n) is 3.42. The molecule has 0 aliphatic heterocycles. The molecular formula is C16H21ClN2O2. The van der Waals surface area contributed by atoms with Gasteiger partial charge >= 0.3 is 0 Å². The summed E-state index contributed by atoms with van der Waals surface area (Å²) in [6, 6.07) is 7.36. The van der Waals surface area contributed by atoms with E-state index < -0.39 is 0 Å². The van der Waals surface area contributed by atoms with Crippen molar-refractivity contribution in [1.82, 2.24) is 9.55 Å². The van der Waals surface area contributed by atoms with Crippen LogP contribution in [0.2, 0.25) is 0 Å². The van der Waals surface area contributed by atoms with Gasteiger partial charge < -0.3 is 4.74 Å². The SMILES string of the molecule is CCOC(C)Cn1c(C(Cl)CC)nc2ccccc2c1=O. The molecule has 0 saturated carbocycles. The highest BCUT2D eigenvalue weighted by atomic mass is 35.5. The molecule has 0 N–H and O–H groups in total. The van der Waals surface area contributed by atoms with Crippen LogP contribution in [0.4, 0.5) is 0 Å². The molecule has 5 heteroatoms. The molecule has 0 aliphatic carbocycles. The van der Waals surface area contributed by atoms with Crippen molar-refractivity contribution >= 4 is 22.5 Å². The lowest BCUT2D eigenvalue weighted by Crippen LogP contribution is -2.31. The van der Waals surface area contributed by atoms with Gasteiger partial charge in [0.05, 0.1) is 28.9 Å². The molecule has 0 saturated heterocycles. The van der Waals surface area contributed by atoms with Gasteiger partial charge in [0.1, 0.15) is 5.82 Å². The van der Waals surface area contributed by atoms with Crippen molar-refractivity contribution in [1.29, 1.82) is 0 Å². The minimum atomic E-state index is -0.281. The zero-order valence-electron chi connectivity index (χ0n) is 12.7. The number of aromatic nitrogens is 2. The van der Waals surface area contributed by atoms with Gasteiger partial charge in [-0.2, -0.15) is 0 Å². The molecular weight excluding hydrogens is 288 g/mol. The maximum Gasteiger partial charge on any atom is 0.261 e. The third kappa shape index (κ3) is 3.44. The smallest absolute Gasteiger partial charge is 0.261 e. The molecule has 0 fully saturated rings. The maximum atomic E-state index is 12.7. The minimum Gasteiger partial charge on any atom is -0.377 e. The second-order valence-electron chi connectivity index (χ2n) is 5.04. The molecule has 0 radical (unpaired) electrons. The van der Waals surface area contributed by atoms with Gasteiger partial charge in [-0.25, -0.2) is 4.98 Å². The number of hydrogen-bond donors (Lipinski definition) is 0. The van der Waals surface area contributed by atoms with Crippen LogP contribution in [-0.4, -0.2) is 22.3 Å². The van der Waals surface area contributed by atoms with Crippen LogP contribution < -0.4 is 5.56 Å². The Labute approximate surface area is 129 Å². The van der Waals surface area contributed by atoms with Crippen LogP contribution in [0.1, 0.15) is 38.4 Å². The summed E-state index contributed by atoms with van der Waals surface area (Å²) in [7, 11) is 0. The zero-order valence-corrected chi connectivity index (χ0v) is 13.4. The quantitative estimate of drug-likeness (QED) is 0.767. The molecule has 1 heterocycles. The van der Waals surface area contributed by atoms with E-state index in [4.69, 9.17) is 16.3 Å². The molecule has 1 aromatic heterocycles. The topological polar surface area (TPSA) is 44.1 Å². The van der Waals surface area contributed by atoms with Crippen molar-refractivity contribution in [3.63, 3.8) is 0 Å². The number of nitrogens with zero attached hydrogens (tertiary/aromatic N) is 2.